The van der Waals surface area contributed by atoms with Crippen LogP contribution in [0.4, 0.5) is 5.82 Å². The molecule has 1 fully saturated rings. The number of hydrogen-bond donors (Lipinski definition) is 1. The summed E-state index contributed by atoms with van der Waals surface area (Å²) >= 11 is 0. The van der Waals surface area contributed by atoms with Gasteiger partial charge < -0.3 is 10.2 Å². The van der Waals surface area contributed by atoms with Crippen LogP contribution in [-0.4, -0.2) is 36.1 Å². The minimum atomic E-state index is 0.262. The molecular formula is C14H20N4. The summed E-state index contributed by atoms with van der Waals surface area (Å²) < 4.78 is 0. The van der Waals surface area contributed by atoms with Gasteiger partial charge in [0.2, 0.25) is 0 Å². The van der Waals surface area contributed by atoms with Crippen LogP contribution in [0.2, 0.25) is 0 Å². The summed E-state index contributed by atoms with van der Waals surface area (Å²) in [6, 6.07) is 5.78. The van der Waals surface area contributed by atoms with E-state index in [2.05, 4.69) is 35.4 Å². The molecule has 0 radical (unpaired) electrons. The van der Waals surface area contributed by atoms with Gasteiger partial charge in [-0.1, -0.05) is 0 Å². The molecular weight excluding hydrogens is 224 g/mol. The van der Waals surface area contributed by atoms with Crippen LogP contribution in [0, 0.1) is 18.3 Å². The Morgan fingerprint density at radius 1 is 1.44 bits per heavy atom. The van der Waals surface area contributed by atoms with Crippen molar-refractivity contribution in [3.63, 3.8) is 0 Å². The van der Waals surface area contributed by atoms with E-state index >= 15 is 0 Å². The van der Waals surface area contributed by atoms with Crippen molar-refractivity contribution in [1.29, 1.82) is 5.26 Å². The number of rotatable bonds is 4. The third-order valence-electron chi connectivity index (χ3n) is 3.91. The monoisotopic (exact) mass is 244 g/mol. The SMILES string of the molecule is Cc1cc(C#N)cc(NCC2(N(C)C)CCC2)n1. The lowest BCUT2D eigenvalue weighted by Crippen LogP contribution is -2.54. The molecule has 0 aliphatic heterocycles. The lowest BCUT2D eigenvalue weighted by Gasteiger charge is -2.47. The van der Waals surface area contributed by atoms with Crippen LogP contribution in [-0.2, 0) is 0 Å². The first kappa shape index (κ1) is 12.8. The summed E-state index contributed by atoms with van der Waals surface area (Å²) in [5.41, 5.74) is 1.81. The molecule has 96 valence electrons. The first-order chi connectivity index (χ1) is 8.55. The van der Waals surface area contributed by atoms with Crippen LogP contribution in [0.3, 0.4) is 0 Å². The van der Waals surface area contributed by atoms with Crippen molar-refractivity contribution >= 4 is 5.82 Å². The maximum Gasteiger partial charge on any atom is 0.127 e. The molecule has 0 unspecified atom stereocenters. The van der Waals surface area contributed by atoms with Crippen molar-refractivity contribution in [3.8, 4) is 6.07 Å². The second-order valence-corrected chi connectivity index (χ2v) is 5.32. The van der Waals surface area contributed by atoms with Crippen LogP contribution in [0.25, 0.3) is 0 Å². The van der Waals surface area contributed by atoms with Crippen molar-refractivity contribution in [2.75, 3.05) is 26.0 Å². The van der Waals surface area contributed by atoms with Crippen LogP contribution in [0.15, 0.2) is 12.1 Å². The second-order valence-electron chi connectivity index (χ2n) is 5.32. The predicted molar refractivity (Wildman–Crippen MR) is 72.4 cm³/mol. The molecule has 0 saturated heterocycles. The summed E-state index contributed by atoms with van der Waals surface area (Å²) in [6.45, 7) is 2.80. The molecule has 2 rings (SSSR count). The number of pyridine rings is 1. The minimum Gasteiger partial charge on any atom is -0.368 e. The van der Waals surface area contributed by atoms with Gasteiger partial charge in [0.1, 0.15) is 5.82 Å². The molecule has 0 atom stereocenters. The molecule has 1 aromatic rings. The van der Waals surface area contributed by atoms with Gasteiger partial charge in [0, 0.05) is 17.8 Å². The lowest BCUT2D eigenvalue weighted by molar-refractivity contribution is 0.0738. The summed E-state index contributed by atoms with van der Waals surface area (Å²) in [5, 5.41) is 12.3. The number of anilines is 1. The predicted octanol–water partition coefficient (Wildman–Crippen LogP) is 2.16. The van der Waals surface area contributed by atoms with E-state index in [1.807, 2.05) is 13.0 Å². The van der Waals surface area contributed by atoms with E-state index in [1.165, 1.54) is 19.3 Å². The Morgan fingerprint density at radius 2 is 2.17 bits per heavy atom. The molecule has 0 spiro atoms. The van der Waals surface area contributed by atoms with E-state index in [-0.39, 0.29) is 5.54 Å². The lowest BCUT2D eigenvalue weighted by atomic mass is 9.75. The number of nitrogens with one attached hydrogen (secondary N) is 1. The zero-order valence-corrected chi connectivity index (χ0v) is 11.3. The molecule has 18 heavy (non-hydrogen) atoms. The highest BCUT2D eigenvalue weighted by atomic mass is 15.2. The highest BCUT2D eigenvalue weighted by molar-refractivity contribution is 5.44. The number of aryl methyl sites for hydroxylation is 1. The minimum absolute atomic E-state index is 0.262. The van der Waals surface area contributed by atoms with E-state index in [9.17, 15) is 0 Å². The fraction of sp³-hybridized carbons (Fsp3) is 0.571. The molecule has 1 aliphatic rings. The zero-order valence-electron chi connectivity index (χ0n) is 11.3. The van der Waals surface area contributed by atoms with E-state index < -0.39 is 0 Å². The highest BCUT2D eigenvalue weighted by Crippen LogP contribution is 2.36. The molecule has 1 N–H and O–H groups in total. The topological polar surface area (TPSA) is 52.0 Å². The molecule has 1 aliphatic carbocycles. The van der Waals surface area contributed by atoms with Crippen molar-refractivity contribution in [2.24, 2.45) is 0 Å². The van der Waals surface area contributed by atoms with Gasteiger partial charge in [0.25, 0.3) is 0 Å². The van der Waals surface area contributed by atoms with Crippen LogP contribution < -0.4 is 5.32 Å². The maximum atomic E-state index is 8.95. The van der Waals surface area contributed by atoms with E-state index in [1.54, 1.807) is 6.07 Å². The quantitative estimate of drug-likeness (QED) is 0.881. The van der Waals surface area contributed by atoms with Gasteiger partial charge in [0.05, 0.1) is 11.6 Å². The Bertz CT molecular complexity index is 469. The first-order valence-electron chi connectivity index (χ1n) is 6.36. The molecule has 1 heterocycles. The van der Waals surface area contributed by atoms with Gasteiger partial charge in [-0.05, 0) is 52.4 Å². The van der Waals surface area contributed by atoms with Gasteiger partial charge in [-0.25, -0.2) is 4.98 Å². The molecule has 1 aromatic heterocycles. The number of hydrogen-bond acceptors (Lipinski definition) is 4. The Labute approximate surface area is 109 Å². The van der Waals surface area contributed by atoms with Gasteiger partial charge in [-0.2, -0.15) is 5.26 Å². The molecule has 0 bridgehead atoms. The Morgan fingerprint density at radius 3 is 2.67 bits per heavy atom. The molecule has 1 saturated carbocycles. The first-order valence-corrected chi connectivity index (χ1v) is 6.36. The zero-order chi connectivity index (χ0) is 13.2. The van der Waals surface area contributed by atoms with Crippen LogP contribution in [0.1, 0.15) is 30.5 Å². The number of aromatic nitrogens is 1. The van der Waals surface area contributed by atoms with Gasteiger partial charge >= 0.3 is 0 Å². The Balaban J connectivity index is 2.06. The van der Waals surface area contributed by atoms with Gasteiger partial charge in [-0.15, -0.1) is 0 Å². The largest absolute Gasteiger partial charge is 0.368 e. The smallest absolute Gasteiger partial charge is 0.127 e. The molecule has 4 heteroatoms. The second kappa shape index (κ2) is 4.95. The molecule has 0 amide bonds. The number of likely N-dealkylation sites (N-methyl/N-ethyl adjacent to an activating group) is 1. The van der Waals surface area contributed by atoms with Gasteiger partial charge in [-0.3, -0.25) is 0 Å². The maximum absolute atomic E-state index is 8.95. The Kier molecular flexibility index (Phi) is 3.53. The third-order valence-corrected chi connectivity index (χ3v) is 3.91. The summed E-state index contributed by atoms with van der Waals surface area (Å²) in [4.78, 5) is 6.72. The van der Waals surface area contributed by atoms with Crippen LogP contribution in [0.5, 0.6) is 0 Å². The summed E-state index contributed by atoms with van der Waals surface area (Å²) in [7, 11) is 4.26. The average molecular weight is 244 g/mol. The van der Waals surface area contributed by atoms with Crippen molar-refractivity contribution in [2.45, 2.75) is 31.7 Å². The van der Waals surface area contributed by atoms with Crippen molar-refractivity contribution < 1.29 is 0 Å². The Hall–Kier alpha value is -1.60. The standard InChI is InChI=1S/C14H20N4/c1-11-7-12(9-15)8-13(17-11)16-10-14(18(2)3)5-4-6-14/h7-8H,4-6,10H2,1-3H3,(H,16,17). The number of nitriles is 1. The summed E-state index contributed by atoms with van der Waals surface area (Å²) in [6.07, 6.45) is 3.75. The normalized spacial score (nSPS) is 17.1. The number of nitrogens with zero attached hydrogens (tertiary/aromatic N) is 3. The average Bonchev–Trinajstić information content (AvgIpc) is 2.26. The molecule has 4 nitrogen and oxygen atoms in total. The van der Waals surface area contributed by atoms with E-state index in [0.29, 0.717) is 5.56 Å². The van der Waals surface area contributed by atoms with E-state index in [4.69, 9.17) is 5.26 Å². The fourth-order valence-corrected chi connectivity index (χ4v) is 2.45. The highest BCUT2D eigenvalue weighted by Gasteiger charge is 2.38. The van der Waals surface area contributed by atoms with E-state index in [0.717, 1.165) is 18.1 Å². The third kappa shape index (κ3) is 2.46. The summed E-state index contributed by atoms with van der Waals surface area (Å²) in [5.74, 6) is 0.805. The molecule has 0 aromatic carbocycles. The fourth-order valence-electron chi connectivity index (χ4n) is 2.45. The van der Waals surface area contributed by atoms with Crippen molar-refractivity contribution in [1.82, 2.24) is 9.88 Å². The van der Waals surface area contributed by atoms with Crippen LogP contribution >= 0.6 is 0 Å². The van der Waals surface area contributed by atoms with Gasteiger partial charge in [0.15, 0.2) is 0 Å². The van der Waals surface area contributed by atoms with Crippen molar-refractivity contribution in [3.05, 3.63) is 23.4 Å².